The van der Waals surface area contributed by atoms with Crippen molar-refractivity contribution in [1.82, 2.24) is 4.98 Å². The van der Waals surface area contributed by atoms with Gasteiger partial charge in [0.05, 0.1) is 27.0 Å². The third-order valence-electron chi connectivity index (χ3n) is 5.06. The Labute approximate surface area is 157 Å². The highest BCUT2D eigenvalue weighted by Crippen LogP contribution is 2.42. The number of aryl methyl sites for hydroxylation is 1. The Morgan fingerprint density at radius 3 is 2.33 bits per heavy atom. The predicted molar refractivity (Wildman–Crippen MR) is 104 cm³/mol. The van der Waals surface area contributed by atoms with Crippen molar-refractivity contribution in [2.75, 3.05) is 21.3 Å². The lowest BCUT2D eigenvalue weighted by atomic mass is 9.86. The molecule has 0 unspecified atom stereocenters. The van der Waals surface area contributed by atoms with Gasteiger partial charge in [0, 0.05) is 17.2 Å². The summed E-state index contributed by atoms with van der Waals surface area (Å²) in [6.07, 6.45) is 1.77. The van der Waals surface area contributed by atoms with Gasteiger partial charge >= 0.3 is 5.97 Å². The third-order valence-corrected chi connectivity index (χ3v) is 5.06. The first kappa shape index (κ1) is 17.2. The van der Waals surface area contributed by atoms with Crippen molar-refractivity contribution in [3.63, 3.8) is 0 Å². The molecule has 1 aliphatic rings. The standard InChI is InChI=1S/C22H21NO4/c1-25-15-10-14(11-16(12-15)26-2)19-18-9-8-13-6-4-5-7-17(13)20(18)23-21(19)22(24)27-3/h4-7,10-12,23H,8-9H2,1-3H3. The van der Waals surface area contributed by atoms with Crippen molar-refractivity contribution < 1.29 is 19.0 Å². The molecule has 5 nitrogen and oxygen atoms in total. The van der Waals surface area contributed by atoms with Crippen molar-refractivity contribution in [3.8, 4) is 33.9 Å². The van der Waals surface area contributed by atoms with Crippen LogP contribution in [0.5, 0.6) is 11.5 Å². The molecule has 0 spiro atoms. The lowest BCUT2D eigenvalue weighted by Crippen LogP contribution is -2.04. The fraction of sp³-hybridized carbons (Fsp3) is 0.227. The van der Waals surface area contributed by atoms with E-state index in [1.54, 1.807) is 14.2 Å². The van der Waals surface area contributed by atoms with Crippen LogP contribution in [0.2, 0.25) is 0 Å². The molecule has 1 heterocycles. The molecular weight excluding hydrogens is 342 g/mol. The topological polar surface area (TPSA) is 60.6 Å². The second kappa shape index (κ2) is 6.83. The number of nitrogens with one attached hydrogen (secondary N) is 1. The summed E-state index contributed by atoms with van der Waals surface area (Å²) < 4.78 is 15.9. The molecule has 3 aromatic rings. The average molecular weight is 363 g/mol. The van der Waals surface area contributed by atoms with Crippen LogP contribution < -0.4 is 9.47 Å². The van der Waals surface area contributed by atoms with Crippen LogP contribution in [0.4, 0.5) is 0 Å². The number of hydrogen-bond acceptors (Lipinski definition) is 4. The smallest absolute Gasteiger partial charge is 0.355 e. The number of ether oxygens (including phenoxy) is 3. The van der Waals surface area contributed by atoms with Gasteiger partial charge in [-0.15, -0.1) is 0 Å². The number of fused-ring (bicyclic) bond motifs is 3. The highest BCUT2D eigenvalue weighted by molar-refractivity contribution is 6.00. The fourth-order valence-electron chi connectivity index (χ4n) is 3.79. The number of aromatic amines is 1. The van der Waals surface area contributed by atoms with Gasteiger partial charge in [0.25, 0.3) is 0 Å². The first-order valence-electron chi connectivity index (χ1n) is 8.81. The number of benzene rings is 2. The van der Waals surface area contributed by atoms with Crippen molar-refractivity contribution in [2.24, 2.45) is 0 Å². The van der Waals surface area contributed by atoms with Crippen LogP contribution >= 0.6 is 0 Å². The monoisotopic (exact) mass is 363 g/mol. The molecule has 0 aliphatic heterocycles. The van der Waals surface area contributed by atoms with E-state index in [-0.39, 0.29) is 0 Å². The molecule has 1 N–H and O–H groups in total. The van der Waals surface area contributed by atoms with E-state index in [1.165, 1.54) is 12.7 Å². The molecule has 0 saturated carbocycles. The van der Waals surface area contributed by atoms with Crippen LogP contribution in [0.25, 0.3) is 22.4 Å². The Balaban J connectivity index is 1.99. The van der Waals surface area contributed by atoms with E-state index in [0.717, 1.165) is 40.8 Å². The fourth-order valence-corrected chi connectivity index (χ4v) is 3.79. The number of aromatic nitrogens is 1. The number of hydrogen-bond donors (Lipinski definition) is 1. The van der Waals surface area contributed by atoms with Crippen molar-refractivity contribution >= 4 is 5.97 Å². The van der Waals surface area contributed by atoms with E-state index < -0.39 is 5.97 Å². The number of carbonyl (C=O) groups is 1. The quantitative estimate of drug-likeness (QED) is 0.704. The Bertz CT molecular complexity index is 997. The van der Waals surface area contributed by atoms with E-state index >= 15 is 0 Å². The van der Waals surface area contributed by atoms with Gasteiger partial charge in [-0.05, 0) is 41.7 Å². The van der Waals surface area contributed by atoms with E-state index in [4.69, 9.17) is 14.2 Å². The Hall–Kier alpha value is -3.21. The lowest BCUT2D eigenvalue weighted by molar-refractivity contribution is 0.0596. The zero-order valence-corrected chi connectivity index (χ0v) is 15.6. The maximum Gasteiger partial charge on any atom is 0.355 e. The summed E-state index contributed by atoms with van der Waals surface area (Å²) in [7, 11) is 4.62. The molecule has 0 saturated heterocycles. The summed E-state index contributed by atoms with van der Waals surface area (Å²) in [5, 5.41) is 0. The van der Waals surface area contributed by atoms with E-state index in [1.807, 2.05) is 30.3 Å². The van der Waals surface area contributed by atoms with Crippen LogP contribution in [0.3, 0.4) is 0 Å². The van der Waals surface area contributed by atoms with Gasteiger partial charge in [0.2, 0.25) is 0 Å². The third kappa shape index (κ3) is 2.85. The van der Waals surface area contributed by atoms with E-state index in [2.05, 4.69) is 17.1 Å². The largest absolute Gasteiger partial charge is 0.497 e. The molecule has 4 rings (SSSR count). The first-order chi connectivity index (χ1) is 13.2. The lowest BCUT2D eigenvalue weighted by Gasteiger charge is -2.17. The zero-order valence-electron chi connectivity index (χ0n) is 15.6. The molecule has 1 aromatic heterocycles. The molecule has 0 bridgehead atoms. The maximum absolute atomic E-state index is 12.5. The summed E-state index contributed by atoms with van der Waals surface area (Å²) in [6, 6.07) is 13.9. The highest BCUT2D eigenvalue weighted by Gasteiger charge is 2.28. The number of H-pyrrole nitrogens is 1. The van der Waals surface area contributed by atoms with E-state index in [0.29, 0.717) is 17.2 Å². The predicted octanol–water partition coefficient (Wildman–Crippen LogP) is 4.25. The molecule has 0 amide bonds. The number of esters is 1. The number of rotatable bonds is 4. The Morgan fingerprint density at radius 2 is 1.67 bits per heavy atom. The van der Waals surface area contributed by atoms with Crippen LogP contribution in [-0.4, -0.2) is 32.3 Å². The van der Waals surface area contributed by atoms with Gasteiger partial charge in [0.1, 0.15) is 17.2 Å². The average Bonchev–Trinajstić information content (AvgIpc) is 3.12. The van der Waals surface area contributed by atoms with Crippen molar-refractivity contribution in [1.29, 1.82) is 0 Å². The SMILES string of the molecule is COC(=O)c1[nH]c2c(c1-c1cc(OC)cc(OC)c1)CCc1ccccc1-2. The summed E-state index contributed by atoms with van der Waals surface area (Å²) >= 11 is 0. The molecule has 5 heteroatoms. The van der Waals surface area contributed by atoms with Crippen molar-refractivity contribution in [3.05, 3.63) is 59.3 Å². The molecule has 2 aromatic carbocycles. The molecule has 138 valence electrons. The molecule has 0 fully saturated rings. The molecule has 1 aliphatic carbocycles. The Morgan fingerprint density at radius 1 is 0.963 bits per heavy atom. The Kier molecular flexibility index (Phi) is 4.36. The second-order valence-corrected chi connectivity index (χ2v) is 6.48. The second-order valence-electron chi connectivity index (χ2n) is 6.48. The molecule has 0 radical (unpaired) electrons. The summed E-state index contributed by atoms with van der Waals surface area (Å²) in [4.78, 5) is 15.9. The molecule has 0 atom stereocenters. The van der Waals surface area contributed by atoms with Crippen LogP contribution in [0.15, 0.2) is 42.5 Å². The summed E-state index contributed by atoms with van der Waals surface area (Å²) in [6.45, 7) is 0. The van der Waals surface area contributed by atoms with Crippen LogP contribution in [0.1, 0.15) is 21.6 Å². The number of carbonyl (C=O) groups excluding carboxylic acids is 1. The van der Waals surface area contributed by atoms with Gasteiger partial charge in [-0.3, -0.25) is 0 Å². The minimum Gasteiger partial charge on any atom is -0.497 e. The van der Waals surface area contributed by atoms with Crippen molar-refractivity contribution in [2.45, 2.75) is 12.8 Å². The minimum absolute atomic E-state index is 0.390. The van der Waals surface area contributed by atoms with Gasteiger partial charge in [-0.2, -0.15) is 0 Å². The zero-order chi connectivity index (χ0) is 19.0. The normalized spacial score (nSPS) is 12.1. The van der Waals surface area contributed by atoms with Gasteiger partial charge in [-0.25, -0.2) is 4.79 Å². The molecular formula is C22H21NO4. The van der Waals surface area contributed by atoms with Gasteiger partial charge < -0.3 is 19.2 Å². The summed E-state index contributed by atoms with van der Waals surface area (Å²) in [5.41, 5.74) is 6.67. The highest BCUT2D eigenvalue weighted by atomic mass is 16.5. The van der Waals surface area contributed by atoms with Crippen LogP contribution in [0, 0.1) is 0 Å². The van der Waals surface area contributed by atoms with E-state index in [9.17, 15) is 4.79 Å². The first-order valence-corrected chi connectivity index (χ1v) is 8.81. The molecule has 27 heavy (non-hydrogen) atoms. The van der Waals surface area contributed by atoms with Gasteiger partial charge in [0.15, 0.2) is 0 Å². The maximum atomic E-state index is 12.5. The minimum atomic E-state index is -0.390. The summed E-state index contributed by atoms with van der Waals surface area (Å²) in [5.74, 6) is 0.955. The van der Waals surface area contributed by atoms with Gasteiger partial charge in [-0.1, -0.05) is 24.3 Å². The van der Waals surface area contributed by atoms with Crippen LogP contribution in [-0.2, 0) is 17.6 Å². The number of methoxy groups -OCH3 is 3.